The minimum absolute atomic E-state index is 0.0414. The van der Waals surface area contributed by atoms with Crippen molar-refractivity contribution in [2.24, 2.45) is 22.0 Å². The number of hydrogen-bond acceptors (Lipinski definition) is 7. The largest absolute Gasteiger partial charge is 0.494 e. The molecular formula is C28H30BrN5O4. The number of likely N-dealkylation sites (tertiary alicyclic amines) is 1. The van der Waals surface area contributed by atoms with E-state index in [-0.39, 0.29) is 12.0 Å². The SMILES string of the molecule is CC(C)(C)OC(=O)N1CC2C(C1)C2NCCON=C1C(c2c(O)[nH]c3ccc(Br)cc23)=Nc2ccccc21. The van der Waals surface area contributed by atoms with Gasteiger partial charge >= 0.3 is 6.09 Å². The molecule has 2 unspecified atom stereocenters. The molecule has 38 heavy (non-hydrogen) atoms. The zero-order chi connectivity index (χ0) is 26.6. The maximum absolute atomic E-state index is 12.3. The van der Waals surface area contributed by atoms with Crippen molar-refractivity contribution in [1.29, 1.82) is 0 Å². The van der Waals surface area contributed by atoms with E-state index in [0.29, 0.717) is 48.0 Å². The van der Waals surface area contributed by atoms with Gasteiger partial charge in [0.1, 0.15) is 23.6 Å². The first-order chi connectivity index (χ1) is 18.2. The lowest BCUT2D eigenvalue weighted by Gasteiger charge is -2.26. The van der Waals surface area contributed by atoms with Crippen molar-refractivity contribution in [3.63, 3.8) is 0 Å². The third-order valence-electron chi connectivity index (χ3n) is 7.17. The van der Waals surface area contributed by atoms with Gasteiger partial charge < -0.3 is 29.9 Å². The molecule has 1 amide bonds. The summed E-state index contributed by atoms with van der Waals surface area (Å²) in [6.45, 7) is 8.13. The number of benzene rings is 2. The predicted molar refractivity (Wildman–Crippen MR) is 149 cm³/mol. The molecule has 0 spiro atoms. The minimum atomic E-state index is -0.478. The van der Waals surface area contributed by atoms with Gasteiger partial charge in [0.05, 0.1) is 11.3 Å². The zero-order valence-corrected chi connectivity index (χ0v) is 23.1. The number of carbonyl (C=O) groups is 1. The second kappa shape index (κ2) is 9.43. The Balaban J connectivity index is 1.09. The van der Waals surface area contributed by atoms with Gasteiger partial charge in [-0.05, 0) is 56.9 Å². The molecule has 2 fully saturated rings. The molecule has 3 heterocycles. The van der Waals surface area contributed by atoms with Gasteiger partial charge in [0.15, 0.2) is 5.88 Å². The standard InChI is InChI=1S/C28H30BrN5O4/c1-28(2,3)38-27(36)34-13-18-19(14-34)23(18)30-10-11-37-33-24-16-6-4-5-7-20(16)31-25(24)22-17-12-15(29)8-9-21(17)32-26(22)35/h4-9,12,18-19,23,30,32,35H,10-11,13-14H2,1-3H3. The number of ether oxygens (including phenoxy) is 1. The Hall–Kier alpha value is -3.37. The Morgan fingerprint density at radius 3 is 2.76 bits per heavy atom. The van der Waals surface area contributed by atoms with Gasteiger partial charge in [-0.1, -0.05) is 39.3 Å². The van der Waals surface area contributed by atoms with E-state index in [1.807, 2.05) is 63.2 Å². The van der Waals surface area contributed by atoms with Gasteiger partial charge in [0.2, 0.25) is 0 Å². The van der Waals surface area contributed by atoms with E-state index in [2.05, 4.69) is 31.4 Å². The third-order valence-corrected chi connectivity index (χ3v) is 7.66. The lowest BCUT2D eigenvalue weighted by Crippen LogP contribution is -2.39. The molecule has 6 rings (SSSR count). The van der Waals surface area contributed by atoms with Gasteiger partial charge in [-0.25, -0.2) is 9.79 Å². The average Bonchev–Trinajstić information content (AvgIpc) is 3.19. The number of nitrogens with zero attached hydrogens (tertiary/aromatic N) is 3. The van der Waals surface area contributed by atoms with E-state index >= 15 is 0 Å². The van der Waals surface area contributed by atoms with Crippen molar-refractivity contribution in [2.45, 2.75) is 32.4 Å². The summed E-state index contributed by atoms with van der Waals surface area (Å²) in [6, 6.07) is 13.9. The Labute approximate surface area is 229 Å². The number of carbonyl (C=O) groups excluding carboxylic acids is 1. The van der Waals surface area contributed by atoms with Crippen molar-refractivity contribution in [3.05, 3.63) is 58.1 Å². The summed E-state index contributed by atoms with van der Waals surface area (Å²) in [5, 5.41) is 19.6. The Bertz CT molecular complexity index is 1460. The number of H-pyrrole nitrogens is 1. The van der Waals surface area contributed by atoms with E-state index < -0.39 is 5.60 Å². The summed E-state index contributed by atoms with van der Waals surface area (Å²) in [7, 11) is 0. The number of aromatic nitrogens is 1. The topological polar surface area (TPSA) is 112 Å². The predicted octanol–water partition coefficient (Wildman–Crippen LogP) is 4.95. The van der Waals surface area contributed by atoms with Crippen molar-refractivity contribution in [3.8, 4) is 5.88 Å². The van der Waals surface area contributed by atoms with Gasteiger partial charge in [-0.2, -0.15) is 0 Å². The highest BCUT2D eigenvalue weighted by Gasteiger charge is 2.56. The number of aromatic hydroxyl groups is 1. The van der Waals surface area contributed by atoms with Gasteiger partial charge in [0, 0.05) is 46.6 Å². The molecule has 1 aromatic heterocycles. The van der Waals surface area contributed by atoms with Crippen LogP contribution in [0.3, 0.4) is 0 Å². The minimum Gasteiger partial charge on any atom is -0.494 e. The molecule has 3 N–H and O–H groups in total. The summed E-state index contributed by atoms with van der Waals surface area (Å²) in [4.78, 5) is 27.7. The second-order valence-electron chi connectivity index (χ2n) is 11.0. The molecule has 10 heteroatoms. The molecule has 198 valence electrons. The molecule has 2 aromatic carbocycles. The number of aliphatic imine (C=N–C) groups is 1. The van der Waals surface area contributed by atoms with Gasteiger partial charge in [0.25, 0.3) is 0 Å². The molecule has 1 saturated heterocycles. The van der Waals surface area contributed by atoms with Crippen LogP contribution in [0.1, 0.15) is 31.9 Å². The molecule has 2 atom stereocenters. The normalized spacial score (nSPS) is 22.9. The number of halogens is 1. The summed E-state index contributed by atoms with van der Waals surface area (Å²) in [6.07, 6.45) is -0.231. The van der Waals surface area contributed by atoms with Crippen LogP contribution in [-0.2, 0) is 9.57 Å². The Morgan fingerprint density at radius 1 is 1.24 bits per heavy atom. The number of fused-ring (bicyclic) bond motifs is 3. The molecule has 3 aliphatic rings. The molecule has 1 aliphatic carbocycles. The smallest absolute Gasteiger partial charge is 0.410 e. The molecule has 9 nitrogen and oxygen atoms in total. The van der Waals surface area contributed by atoms with Crippen LogP contribution in [-0.4, -0.2) is 70.4 Å². The number of rotatable bonds is 6. The van der Waals surface area contributed by atoms with Crippen molar-refractivity contribution in [1.82, 2.24) is 15.2 Å². The third kappa shape index (κ3) is 4.67. The number of para-hydroxylation sites is 1. The summed E-state index contributed by atoms with van der Waals surface area (Å²) in [5.41, 5.74) is 3.73. The van der Waals surface area contributed by atoms with Gasteiger partial charge in [-0.3, -0.25) is 0 Å². The van der Waals surface area contributed by atoms with Crippen LogP contribution in [0.2, 0.25) is 0 Å². The lowest BCUT2D eigenvalue weighted by atomic mass is 10.0. The van der Waals surface area contributed by atoms with Crippen LogP contribution in [0.4, 0.5) is 10.5 Å². The zero-order valence-electron chi connectivity index (χ0n) is 21.5. The second-order valence-corrected chi connectivity index (χ2v) is 11.9. The first-order valence-electron chi connectivity index (χ1n) is 12.8. The molecular weight excluding hydrogens is 550 g/mol. The highest BCUT2D eigenvalue weighted by Crippen LogP contribution is 2.45. The molecule has 2 aliphatic heterocycles. The van der Waals surface area contributed by atoms with Crippen LogP contribution in [0.5, 0.6) is 5.88 Å². The monoisotopic (exact) mass is 579 g/mol. The van der Waals surface area contributed by atoms with E-state index in [1.54, 1.807) is 4.90 Å². The number of oxime groups is 1. The fourth-order valence-electron chi connectivity index (χ4n) is 5.41. The van der Waals surface area contributed by atoms with E-state index in [0.717, 1.165) is 39.7 Å². The Morgan fingerprint density at radius 2 is 2.00 bits per heavy atom. The van der Waals surface area contributed by atoms with E-state index in [9.17, 15) is 9.90 Å². The lowest BCUT2D eigenvalue weighted by molar-refractivity contribution is 0.0268. The summed E-state index contributed by atoms with van der Waals surface area (Å²) in [5.74, 6) is 0.955. The first kappa shape index (κ1) is 24.9. The number of amides is 1. The van der Waals surface area contributed by atoms with Crippen LogP contribution in [0.25, 0.3) is 10.9 Å². The van der Waals surface area contributed by atoms with Crippen molar-refractivity contribution >= 4 is 50.0 Å². The number of nitrogens with one attached hydrogen (secondary N) is 2. The number of piperidine rings is 1. The van der Waals surface area contributed by atoms with Crippen LogP contribution in [0.15, 0.2) is 57.1 Å². The fraction of sp³-hybridized carbons (Fsp3) is 0.393. The highest BCUT2D eigenvalue weighted by atomic mass is 79.9. The van der Waals surface area contributed by atoms with E-state index in [4.69, 9.17) is 14.6 Å². The van der Waals surface area contributed by atoms with Crippen molar-refractivity contribution < 1.29 is 19.5 Å². The highest BCUT2D eigenvalue weighted by molar-refractivity contribution is 9.10. The first-order valence-corrected chi connectivity index (χ1v) is 13.6. The van der Waals surface area contributed by atoms with Gasteiger partial charge in [-0.15, -0.1) is 0 Å². The van der Waals surface area contributed by atoms with Crippen LogP contribution in [0, 0.1) is 11.8 Å². The quantitative estimate of drug-likeness (QED) is 0.283. The molecule has 0 radical (unpaired) electrons. The maximum Gasteiger partial charge on any atom is 0.410 e. The van der Waals surface area contributed by atoms with Crippen LogP contribution < -0.4 is 5.32 Å². The average molecular weight is 580 g/mol. The molecule has 0 bridgehead atoms. The summed E-state index contributed by atoms with van der Waals surface area (Å²) < 4.78 is 6.39. The van der Waals surface area contributed by atoms with Crippen LogP contribution >= 0.6 is 15.9 Å². The van der Waals surface area contributed by atoms with Crippen molar-refractivity contribution in [2.75, 3.05) is 26.2 Å². The Kier molecular flexibility index (Phi) is 6.19. The maximum atomic E-state index is 12.3. The number of aromatic amines is 1. The fourth-order valence-corrected chi connectivity index (χ4v) is 5.78. The molecule has 3 aromatic rings. The number of hydrogen-bond donors (Lipinski definition) is 3. The molecule has 1 saturated carbocycles. The van der Waals surface area contributed by atoms with E-state index in [1.165, 1.54) is 0 Å². The summed E-state index contributed by atoms with van der Waals surface area (Å²) >= 11 is 3.52.